The predicted molar refractivity (Wildman–Crippen MR) is 133 cm³/mol. The van der Waals surface area contributed by atoms with E-state index in [-0.39, 0.29) is 17.8 Å². The summed E-state index contributed by atoms with van der Waals surface area (Å²) in [5.41, 5.74) is 8.23. The molecule has 3 N–H and O–H groups in total. The number of anilines is 3. The Labute approximate surface area is 205 Å². The van der Waals surface area contributed by atoms with Crippen molar-refractivity contribution in [1.82, 2.24) is 30.3 Å². The minimum atomic E-state index is -0.369. The lowest BCUT2D eigenvalue weighted by atomic mass is 10.1. The van der Waals surface area contributed by atoms with Crippen LogP contribution in [-0.4, -0.2) is 30.8 Å². The summed E-state index contributed by atoms with van der Waals surface area (Å²) in [5.74, 6) is 0.878. The van der Waals surface area contributed by atoms with Crippen molar-refractivity contribution in [1.29, 1.82) is 0 Å². The van der Waals surface area contributed by atoms with E-state index in [2.05, 4.69) is 36.7 Å². The van der Waals surface area contributed by atoms with Crippen LogP contribution in [0.2, 0.25) is 0 Å². The van der Waals surface area contributed by atoms with Gasteiger partial charge in [-0.2, -0.15) is 0 Å². The molecule has 1 radical (unpaired) electrons. The first-order chi connectivity index (χ1) is 17.6. The Kier molecular flexibility index (Phi) is 5.34. The summed E-state index contributed by atoms with van der Waals surface area (Å²) in [4.78, 5) is 33.4. The summed E-state index contributed by atoms with van der Waals surface area (Å²) >= 11 is 0. The maximum absolute atomic E-state index is 13.9. The number of rotatable bonds is 5. The van der Waals surface area contributed by atoms with Gasteiger partial charge < -0.3 is 10.3 Å². The number of hydrogen-bond acceptors (Lipinski definition) is 7. The Morgan fingerprint density at radius 3 is 3.00 bits per heavy atom. The predicted octanol–water partition coefficient (Wildman–Crippen LogP) is 4.45. The summed E-state index contributed by atoms with van der Waals surface area (Å²) in [6.07, 6.45) is 6.91. The van der Waals surface area contributed by atoms with Crippen LogP contribution in [0.1, 0.15) is 30.8 Å². The highest BCUT2D eigenvalue weighted by Crippen LogP contribution is 2.39. The SMILES string of the molecule is CCC(=O)Nc1cncc(N2NC(c3nc4c(-c5cccc(F)c5)nccc4[nH]3)c3c[c]cnc32)c1. The largest absolute Gasteiger partial charge is 0.340 e. The molecule has 1 unspecified atom stereocenters. The van der Waals surface area contributed by atoms with Crippen molar-refractivity contribution in [2.24, 2.45) is 0 Å². The summed E-state index contributed by atoms with van der Waals surface area (Å²) in [7, 11) is 0. The highest BCUT2D eigenvalue weighted by Gasteiger charge is 2.34. The zero-order valence-electron chi connectivity index (χ0n) is 19.2. The molecule has 1 atom stereocenters. The Balaban J connectivity index is 1.39. The number of benzene rings is 1. The first kappa shape index (κ1) is 21.8. The lowest BCUT2D eigenvalue weighted by Gasteiger charge is -2.20. The van der Waals surface area contributed by atoms with Crippen molar-refractivity contribution in [3.8, 4) is 11.3 Å². The normalized spacial score (nSPS) is 14.7. The Morgan fingerprint density at radius 1 is 1.22 bits per heavy atom. The molecule has 0 aliphatic carbocycles. The number of imidazole rings is 1. The highest BCUT2D eigenvalue weighted by atomic mass is 19.1. The molecule has 1 amide bonds. The molecular formula is C26H20FN8O. The molecule has 0 spiro atoms. The molecule has 36 heavy (non-hydrogen) atoms. The minimum absolute atomic E-state index is 0.0979. The van der Waals surface area contributed by atoms with Crippen molar-refractivity contribution in [3.05, 3.63) is 90.5 Å². The Morgan fingerprint density at radius 2 is 2.14 bits per heavy atom. The van der Waals surface area contributed by atoms with E-state index in [0.717, 1.165) is 11.1 Å². The van der Waals surface area contributed by atoms with Gasteiger partial charge in [0.1, 0.15) is 23.2 Å². The molecule has 10 heteroatoms. The zero-order valence-corrected chi connectivity index (χ0v) is 19.2. The fourth-order valence-corrected chi connectivity index (χ4v) is 4.23. The van der Waals surface area contributed by atoms with Gasteiger partial charge in [0.05, 0.1) is 35.0 Å². The maximum atomic E-state index is 13.9. The second-order valence-corrected chi connectivity index (χ2v) is 8.27. The first-order valence-electron chi connectivity index (χ1n) is 11.4. The lowest BCUT2D eigenvalue weighted by molar-refractivity contribution is -0.115. The molecular weight excluding hydrogens is 459 g/mol. The number of aromatic nitrogens is 5. The number of aromatic amines is 1. The number of carbonyl (C=O) groups is 1. The smallest absolute Gasteiger partial charge is 0.224 e. The highest BCUT2D eigenvalue weighted by molar-refractivity contribution is 5.91. The van der Waals surface area contributed by atoms with Gasteiger partial charge in [0.15, 0.2) is 5.82 Å². The van der Waals surface area contributed by atoms with Crippen molar-refractivity contribution in [2.45, 2.75) is 19.4 Å². The molecule has 1 aliphatic heterocycles. The fraction of sp³-hybridized carbons (Fsp3) is 0.115. The van der Waals surface area contributed by atoms with Crippen LogP contribution in [0.4, 0.5) is 21.6 Å². The van der Waals surface area contributed by atoms with E-state index in [1.165, 1.54) is 12.1 Å². The number of halogens is 1. The zero-order chi connectivity index (χ0) is 24.6. The van der Waals surface area contributed by atoms with Crippen molar-refractivity contribution in [3.63, 3.8) is 0 Å². The number of H-pyrrole nitrogens is 1. The second kappa shape index (κ2) is 8.82. The summed E-state index contributed by atoms with van der Waals surface area (Å²) < 4.78 is 13.9. The minimum Gasteiger partial charge on any atom is -0.340 e. The van der Waals surface area contributed by atoms with Crippen molar-refractivity contribution in [2.75, 3.05) is 10.3 Å². The fourth-order valence-electron chi connectivity index (χ4n) is 4.23. The van der Waals surface area contributed by atoms with Gasteiger partial charge in [-0.05, 0) is 30.3 Å². The van der Waals surface area contributed by atoms with Gasteiger partial charge >= 0.3 is 0 Å². The maximum Gasteiger partial charge on any atom is 0.224 e. The molecule has 4 aromatic heterocycles. The summed E-state index contributed by atoms with van der Waals surface area (Å²) in [5, 5.41) is 4.64. The van der Waals surface area contributed by atoms with Gasteiger partial charge in [-0.3, -0.25) is 19.8 Å². The van der Waals surface area contributed by atoms with E-state index >= 15 is 0 Å². The topological polar surface area (TPSA) is 112 Å². The molecule has 9 nitrogen and oxygen atoms in total. The van der Waals surface area contributed by atoms with Crippen molar-refractivity contribution >= 4 is 34.1 Å². The molecule has 0 saturated heterocycles. The number of nitrogens with one attached hydrogen (secondary N) is 3. The van der Waals surface area contributed by atoms with Crippen LogP contribution in [0.15, 0.2) is 67.3 Å². The molecule has 0 fully saturated rings. The summed E-state index contributed by atoms with van der Waals surface area (Å²) in [6.45, 7) is 1.79. The first-order valence-corrected chi connectivity index (χ1v) is 11.4. The molecule has 1 aliphatic rings. The molecule has 1 aromatic carbocycles. The molecule has 177 valence electrons. The van der Waals surface area contributed by atoms with E-state index in [1.807, 2.05) is 18.2 Å². The van der Waals surface area contributed by atoms with Crippen LogP contribution in [-0.2, 0) is 4.79 Å². The monoisotopic (exact) mass is 479 g/mol. The second-order valence-electron chi connectivity index (χ2n) is 8.27. The number of pyridine rings is 3. The molecule has 0 bridgehead atoms. The standard InChI is InChI=1S/C26H20FN8O/c1-2-21(36)31-17-12-18(14-28-13-17)35-26-19(7-4-9-30-26)23(34-35)25-32-20-8-10-29-22(24(20)33-25)15-5-3-6-16(27)11-15/h3,5-14,23,34H,2H2,1H3,(H,31,36)(H,32,33). The third-order valence-electron chi connectivity index (χ3n) is 5.92. The Hall–Kier alpha value is -4.70. The van der Waals surface area contributed by atoms with Gasteiger partial charge in [-0.15, -0.1) is 0 Å². The quantitative estimate of drug-likeness (QED) is 0.341. The molecule has 0 saturated carbocycles. The van der Waals surface area contributed by atoms with Gasteiger partial charge in [0.2, 0.25) is 5.91 Å². The van der Waals surface area contributed by atoms with E-state index in [9.17, 15) is 9.18 Å². The molecule has 6 rings (SSSR count). The molecule has 5 aromatic rings. The van der Waals surface area contributed by atoms with Crippen LogP contribution in [0.5, 0.6) is 0 Å². The third kappa shape index (κ3) is 3.83. The van der Waals surface area contributed by atoms with E-state index in [4.69, 9.17) is 4.98 Å². The average Bonchev–Trinajstić information content (AvgIpc) is 3.50. The number of amides is 1. The number of hydrazine groups is 1. The van der Waals surface area contributed by atoms with Crippen LogP contribution in [0, 0.1) is 11.9 Å². The number of carbonyl (C=O) groups excluding carboxylic acids is 1. The molecule has 5 heterocycles. The van der Waals surface area contributed by atoms with E-state index < -0.39 is 0 Å². The Bertz CT molecular complexity index is 1600. The van der Waals surface area contributed by atoms with Gasteiger partial charge in [-0.1, -0.05) is 19.1 Å². The van der Waals surface area contributed by atoms with Crippen molar-refractivity contribution < 1.29 is 9.18 Å². The van der Waals surface area contributed by atoms with Gasteiger partial charge in [0.25, 0.3) is 0 Å². The van der Waals surface area contributed by atoms with Gasteiger partial charge in [0, 0.05) is 36.0 Å². The number of nitrogens with zero attached hydrogens (tertiary/aromatic N) is 5. The summed E-state index contributed by atoms with van der Waals surface area (Å²) in [6, 6.07) is 14.5. The van der Waals surface area contributed by atoms with Crippen LogP contribution >= 0.6 is 0 Å². The van der Waals surface area contributed by atoms with E-state index in [0.29, 0.717) is 46.2 Å². The van der Waals surface area contributed by atoms with E-state index in [1.54, 1.807) is 48.9 Å². The van der Waals surface area contributed by atoms with Crippen LogP contribution < -0.4 is 15.8 Å². The van der Waals surface area contributed by atoms with Crippen LogP contribution in [0.3, 0.4) is 0 Å². The van der Waals surface area contributed by atoms with Gasteiger partial charge in [-0.25, -0.2) is 19.8 Å². The number of hydrogen-bond donors (Lipinski definition) is 3. The van der Waals surface area contributed by atoms with Crippen LogP contribution in [0.25, 0.3) is 22.3 Å². The lowest BCUT2D eigenvalue weighted by Crippen LogP contribution is -2.31. The average molecular weight is 479 g/mol. The number of fused-ring (bicyclic) bond motifs is 2. The third-order valence-corrected chi connectivity index (χ3v) is 5.92.